The van der Waals surface area contributed by atoms with Crippen molar-refractivity contribution in [3.05, 3.63) is 27.4 Å². The highest BCUT2D eigenvalue weighted by Gasteiger charge is 2.22. The molecule has 102 valence electrons. The van der Waals surface area contributed by atoms with Crippen molar-refractivity contribution in [2.45, 2.75) is 19.9 Å². The summed E-state index contributed by atoms with van der Waals surface area (Å²) < 4.78 is 0. The number of hydrogen-bond donors (Lipinski definition) is 1. The Balaban J connectivity index is 2.28. The van der Waals surface area contributed by atoms with E-state index in [2.05, 4.69) is 4.98 Å². The van der Waals surface area contributed by atoms with Gasteiger partial charge in [-0.05, 0) is 25.3 Å². The van der Waals surface area contributed by atoms with E-state index in [1.807, 2.05) is 30.7 Å². The van der Waals surface area contributed by atoms with E-state index in [0.717, 1.165) is 16.3 Å². The number of nitrogens with zero attached hydrogens (tertiary/aromatic N) is 2. The van der Waals surface area contributed by atoms with Gasteiger partial charge in [-0.2, -0.15) is 11.3 Å². The number of aliphatic hydroxyl groups is 1. The predicted octanol–water partition coefficient (Wildman–Crippen LogP) is 2.63. The summed E-state index contributed by atoms with van der Waals surface area (Å²) in [4.78, 5) is 19.0. The van der Waals surface area contributed by atoms with Crippen LogP contribution in [-0.4, -0.2) is 40.6 Å². The summed E-state index contributed by atoms with van der Waals surface area (Å²) in [5, 5.41) is 14.0. The fourth-order valence-corrected chi connectivity index (χ4v) is 3.35. The molecule has 0 aliphatic heterocycles. The van der Waals surface area contributed by atoms with Crippen molar-refractivity contribution in [2.24, 2.45) is 0 Å². The zero-order chi connectivity index (χ0) is 14.0. The fraction of sp³-hybridized carbons (Fsp3) is 0.385. The molecule has 0 fully saturated rings. The Morgan fingerprint density at radius 2 is 2.32 bits per heavy atom. The first-order valence-corrected chi connectivity index (χ1v) is 7.68. The lowest BCUT2D eigenvalue weighted by Gasteiger charge is -2.22. The SMILES string of the molecule is Cc1nc(-c2ccsc2)sc1C(=O)N(C)C(C)CO. The molecule has 2 aromatic heterocycles. The molecule has 2 heterocycles. The van der Waals surface area contributed by atoms with E-state index in [1.54, 1.807) is 23.3 Å². The molecule has 4 nitrogen and oxygen atoms in total. The third-order valence-corrected chi connectivity index (χ3v) is 4.88. The van der Waals surface area contributed by atoms with E-state index >= 15 is 0 Å². The van der Waals surface area contributed by atoms with Gasteiger partial charge in [0, 0.05) is 18.0 Å². The van der Waals surface area contributed by atoms with Gasteiger partial charge in [0.25, 0.3) is 5.91 Å². The minimum Gasteiger partial charge on any atom is -0.394 e. The Kier molecular flexibility index (Phi) is 4.34. The average molecular weight is 296 g/mol. The highest BCUT2D eigenvalue weighted by atomic mass is 32.1. The molecule has 1 N–H and O–H groups in total. The van der Waals surface area contributed by atoms with Crippen molar-refractivity contribution < 1.29 is 9.90 Å². The highest BCUT2D eigenvalue weighted by molar-refractivity contribution is 7.17. The second kappa shape index (κ2) is 5.81. The van der Waals surface area contributed by atoms with Crippen molar-refractivity contribution in [2.75, 3.05) is 13.7 Å². The largest absolute Gasteiger partial charge is 0.394 e. The number of likely N-dealkylation sites (N-methyl/N-ethyl adjacent to an activating group) is 1. The zero-order valence-corrected chi connectivity index (χ0v) is 12.7. The van der Waals surface area contributed by atoms with Crippen LogP contribution in [0.25, 0.3) is 10.6 Å². The average Bonchev–Trinajstić information content (AvgIpc) is 3.04. The fourth-order valence-electron chi connectivity index (χ4n) is 1.59. The maximum absolute atomic E-state index is 12.3. The number of carbonyl (C=O) groups is 1. The molecule has 2 aromatic rings. The van der Waals surface area contributed by atoms with Crippen LogP contribution in [0.2, 0.25) is 0 Å². The van der Waals surface area contributed by atoms with Crippen molar-refractivity contribution in [1.29, 1.82) is 0 Å². The number of rotatable bonds is 4. The molecule has 0 aliphatic carbocycles. The number of thiazole rings is 1. The first kappa shape index (κ1) is 14.2. The quantitative estimate of drug-likeness (QED) is 0.943. The molecular weight excluding hydrogens is 280 g/mol. The molecule has 6 heteroatoms. The van der Waals surface area contributed by atoms with Crippen LogP contribution in [0, 0.1) is 6.92 Å². The Hall–Kier alpha value is -1.24. The van der Waals surface area contributed by atoms with Crippen molar-refractivity contribution in [3.63, 3.8) is 0 Å². The van der Waals surface area contributed by atoms with Crippen molar-refractivity contribution in [1.82, 2.24) is 9.88 Å². The molecule has 19 heavy (non-hydrogen) atoms. The molecule has 0 saturated heterocycles. The number of amides is 1. The van der Waals surface area contributed by atoms with Gasteiger partial charge >= 0.3 is 0 Å². The maximum atomic E-state index is 12.3. The molecule has 1 atom stereocenters. The van der Waals surface area contributed by atoms with E-state index < -0.39 is 0 Å². The van der Waals surface area contributed by atoms with Crippen molar-refractivity contribution in [3.8, 4) is 10.6 Å². The van der Waals surface area contributed by atoms with Crippen LogP contribution < -0.4 is 0 Å². The first-order valence-electron chi connectivity index (χ1n) is 5.92. The van der Waals surface area contributed by atoms with Crippen LogP contribution in [0.4, 0.5) is 0 Å². The molecule has 0 spiro atoms. The van der Waals surface area contributed by atoms with E-state index in [9.17, 15) is 4.79 Å². The predicted molar refractivity (Wildman–Crippen MR) is 78.8 cm³/mol. The molecular formula is C13H16N2O2S2. The third-order valence-electron chi connectivity index (χ3n) is 3.00. The Labute approximate surface area is 120 Å². The summed E-state index contributed by atoms with van der Waals surface area (Å²) in [5.74, 6) is -0.0852. The molecule has 0 saturated carbocycles. The third kappa shape index (κ3) is 2.86. The number of hydrogen-bond acceptors (Lipinski definition) is 5. The van der Waals surface area contributed by atoms with Gasteiger partial charge in [0.05, 0.1) is 18.3 Å². The number of thiophene rings is 1. The molecule has 1 amide bonds. The molecule has 0 radical (unpaired) electrons. The van der Waals surface area contributed by atoms with Gasteiger partial charge < -0.3 is 10.0 Å². The van der Waals surface area contributed by atoms with Gasteiger partial charge in [0.2, 0.25) is 0 Å². The van der Waals surface area contributed by atoms with E-state index in [-0.39, 0.29) is 18.6 Å². The Bertz CT molecular complexity index is 563. The molecule has 1 unspecified atom stereocenters. The highest BCUT2D eigenvalue weighted by Crippen LogP contribution is 2.30. The summed E-state index contributed by atoms with van der Waals surface area (Å²) in [6.07, 6.45) is 0. The smallest absolute Gasteiger partial charge is 0.265 e. The second-order valence-corrected chi connectivity index (χ2v) is 6.17. The van der Waals surface area contributed by atoms with Gasteiger partial charge in [-0.1, -0.05) is 0 Å². The number of carbonyl (C=O) groups excluding carboxylic acids is 1. The van der Waals surface area contributed by atoms with Crippen molar-refractivity contribution >= 4 is 28.6 Å². The Morgan fingerprint density at radius 3 is 2.89 bits per heavy atom. The zero-order valence-electron chi connectivity index (χ0n) is 11.1. The lowest BCUT2D eigenvalue weighted by molar-refractivity contribution is 0.0686. The summed E-state index contributed by atoms with van der Waals surface area (Å²) in [6, 6.07) is 1.80. The van der Waals surface area contributed by atoms with Crippen LogP contribution in [0.5, 0.6) is 0 Å². The lowest BCUT2D eigenvalue weighted by Crippen LogP contribution is -2.37. The maximum Gasteiger partial charge on any atom is 0.265 e. The van der Waals surface area contributed by atoms with Crippen LogP contribution >= 0.6 is 22.7 Å². The Morgan fingerprint density at radius 1 is 1.58 bits per heavy atom. The standard InChI is InChI=1S/C13H16N2O2S2/c1-8(6-16)15(3)13(17)11-9(2)14-12(19-11)10-4-5-18-7-10/h4-5,7-8,16H,6H2,1-3H3. The van der Waals surface area contributed by atoms with Gasteiger partial charge in [-0.25, -0.2) is 4.98 Å². The van der Waals surface area contributed by atoms with Crippen LogP contribution in [0.3, 0.4) is 0 Å². The van der Waals surface area contributed by atoms with Crippen LogP contribution in [0.1, 0.15) is 22.3 Å². The summed E-state index contributed by atoms with van der Waals surface area (Å²) in [7, 11) is 1.70. The normalized spacial score (nSPS) is 12.4. The minimum atomic E-state index is -0.196. The molecule has 0 aliphatic rings. The lowest BCUT2D eigenvalue weighted by atomic mass is 10.3. The molecule has 0 bridgehead atoms. The van der Waals surface area contributed by atoms with Crippen LogP contribution in [0.15, 0.2) is 16.8 Å². The molecule has 2 rings (SSSR count). The van der Waals surface area contributed by atoms with E-state index in [1.165, 1.54) is 11.3 Å². The van der Waals surface area contributed by atoms with E-state index in [4.69, 9.17) is 5.11 Å². The van der Waals surface area contributed by atoms with E-state index in [0.29, 0.717) is 4.88 Å². The summed E-state index contributed by atoms with van der Waals surface area (Å²) in [5.41, 5.74) is 1.79. The first-order chi connectivity index (χ1) is 9.04. The van der Waals surface area contributed by atoms with Crippen LogP contribution in [-0.2, 0) is 0 Å². The molecule has 0 aromatic carbocycles. The number of aromatic nitrogens is 1. The topological polar surface area (TPSA) is 53.4 Å². The van der Waals surface area contributed by atoms with Gasteiger partial charge in [-0.3, -0.25) is 4.79 Å². The monoisotopic (exact) mass is 296 g/mol. The number of aryl methyl sites for hydroxylation is 1. The van der Waals surface area contributed by atoms with Gasteiger partial charge in [-0.15, -0.1) is 11.3 Å². The number of aliphatic hydroxyl groups excluding tert-OH is 1. The summed E-state index contributed by atoms with van der Waals surface area (Å²) in [6.45, 7) is 3.61. The van der Waals surface area contributed by atoms with Gasteiger partial charge in [0.1, 0.15) is 9.88 Å². The van der Waals surface area contributed by atoms with Gasteiger partial charge in [0.15, 0.2) is 0 Å². The minimum absolute atomic E-state index is 0.0442. The second-order valence-electron chi connectivity index (χ2n) is 4.39. The summed E-state index contributed by atoms with van der Waals surface area (Å²) >= 11 is 3.02.